The second kappa shape index (κ2) is 12.7. The summed E-state index contributed by atoms with van der Waals surface area (Å²) in [7, 11) is 3.34. The maximum atomic E-state index is 13.1. The minimum absolute atomic E-state index is 0.0537. The third-order valence-corrected chi connectivity index (χ3v) is 7.65. The smallest absolute Gasteiger partial charge is 0.303 e. The number of methoxy groups -OCH3 is 1. The van der Waals surface area contributed by atoms with Gasteiger partial charge in [-0.05, 0) is 73.3 Å². The Balaban J connectivity index is 1.36. The van der Waals surface area contributed by atoms with Crippen molar-refractivity contribution in [2.24, 2.45) is 11.8 Å². The average Bonchev–Trinajstić information content (AvgIpc) is 3.78. The van der Waals surface area contributed by atoms with E-state index in [4.69, 9.17) is 14.7 Å². The van der Waals surface area contributed by atoms with Crippen molar-refractivity contribution in [1.29, 1.82) is 5.26 Å². The molecule has 1 heterocycles. The number of carbonyl (C=O) groups is 2. The van der Waals surface area contributed by atoms with Gasteiger partial charge in [0, 0.05) is 32.7 Å². The van der Waals surface area contributed by atoms with Crippen LogP contribution >= 0.6 is 0 Å². The molecule has 2 fully saturated rings. The molecular formula is C30H37N3O5. The lowest BCUT2D eigenvalue weighted by atomic mass is 9.91. The van der Waals surface area contributed by atoms with Crippen LogP contribution in [0, 0.1) is 23.2 Å². The lowest BCUT2D eigenvalue weighted by molar-refractivity contribution is -0.137. The quantitative estimate of drug-likeness (QED) is 0.423. The summed E-state index contributed by atoms with van der Waals surface area (Å²) in [5, 5.41) is 18.2. The fraction of sp³-hybridized carbons (Fsp3) is 0.500. The third kappa shape index (κ3) is 6.97. The number of benzene rings is 2. The molecular weight excluding hydrogens is 482 g/mol. The first-order valence-corrected chi connectivity index (χ1v) is 13.4. The fourth-order valence-electron chi connectivity index (χ4n) is 5.24. The highest BCUT2D eigenvalue weighted by Gasteiger charge is 2.34. The third-order valence-electron chi connectivity index (χ3n) is 7.65. The molecule has 2 aliphatic rings. The zero-order valence-electron chi connectivity index (χ0n) is 22.3. The number of hydrogen-bond acceptors (Lipinski definition) is 6. The van der Waals surface area contributed by atoms with E-state index in [-0.39, 0.29) is 18.2 Å². The van der Waals surface area contributed by atoms with E-state index in [0.29, 0.717) is 42.7 Å². The maximum Gasteiger partial charge on any atom is 0.303 e. The molecule has 1 N–H and O–H groups in total. The molecule has 1 saturated carbocycles. The molecule has 1 amide bonds. The van der Waals surface area contributed by atoms with Crippen molar-refractivity contribution in [3.05, 3.63) is 53.6 Å². The van der Waals surface area contributed by atoms with Gasteiger partial charge in [-0.2, -0.15) is 5.26 Å². The van der Waals surface area contributed by atoms with Crippen molar-refractivity contribution >= 4 is 17.6 Å². The van der Waals surface area contributed by atoms with E-state index in [1.165, 1.54) is 0 Å². The summed E-state index contributed by atoms with van der Waals surface area (Å²) in [6, 6.07) is 15.5. The fourth-order valence-corrected chi connectivity index (χ4v) is 5.24. The SMILES string of the molecule is COc1ccc(C(=O)N(C)CCC#N)c(N2CCC(COc3cccc(C(CC(=O)O)C4CC4)c3)CC2)c1. The van der Waals surface area contributed by atoms with Crippen LogP contribution in [0.2, 0.25) is 0 Å². The van der Waals surface area contributed by atoms with Crippen molar-refractivity contribution in [2.75, 3.05) is 45.3 Å². The van der Waals surface area contributed by atoms with Crippen molar-refractivity contribution in [2.45, 2.75) is 44.4 Å². The van der Waals surface area contributed by atoms with Gasteiger partial charge >= 0.3 is 5.97 Å². The second-order valence-corrected chi connectivity index (χ2v) is 10.4. The Labute approximate surface area is 224 Å². The van der Waals surface area contributed by atoms with E-state index in [2.05, 4.69) is 11.0 Å². The molecule has 0 aromatic heterocycles. The Morgan fingerprint density at radius 3 is 2.55 bits per heavy atom. The maximum absolute atomic E-state index is 13.1. The van der Waals surface area contributed by atoms with Crippen molar-refractivity contribution in [1.82, 2.24) is 4.90 Å². The highest BCUT2D eigenvalue weighted by molar-refractivity contribution is 6.00. The first-order chi connectivity index (χ1) is 18.4. The number of anilines is 1. The van der Waals surface area contributed by atoms with Crippen molar-refractivity contribution in [3.63, 3.8) is 0 Å². The standard InChI is InChI=1S/C30H37N3O5/c1-32(14-4-13-31)30(36)26-10-9-24(37-2)18-28(26)33-15-11-21(12-16-33)20-38-25-6-3-5-23(17-25)27(19-29(34)35)22-7-8-22/h3,5-6,9-10,17-18,21-22,27H,4,7-8,11-12,14-16,19-20H2,1-2H3,(H,34,35). The number of aliphatic carboxylic acids is 1. The zero-order valence-corrected chi connectivity index (χ0v) is 22.3. The molecule has 38 heavy (non-hydrogen) atoms. The lowest BCUT2D eigenvalue weighted by Crippen LogP contribution is -2.37. The molecule has 8 heteroatoms. The first-order valence-electron chi connectivity index (χ1n) is 13.4. The van der Waals surface area contributed by atoms with Crippen LogP contribution in [0.4, 0.5) is 5.69 Å². The van der Waals surface area contributed by atoms with E-state index in [1.807, 2.05) is 30.3 Å². The molecule has 8 nitrogen and oxygen atoms in total. The topological polar surface area (TPSA) is 103 Å². The molecule has 1 atom stereocenters. The minimum Gasteiger partial charge on any atom is -0.497 e. The van der Waals surface area contributed by atoms with Gasteiger partial charge in [-0.1, -0.05) is 12.1 Å². The highest BCUT2D eigenvalue weighted by Crippen LogP contribution is 2.45. The highest BCUT2D eigenvalue weighted by atomic mass is 16.5. The van der Waals surface area contributed by atoms with E-state index >= 15 is 0 Å². The van der Waals surface area contributed by atoms with Gasteiger partial charge in [0.1, 0.15) is 11.5 Å². The van der Waals surface area contributed by atoms with Gasteiger partial charge in [0.05, 0.1) is 43.9 Å². The van der Waals surface area contributed by atoms with Crippen LogP contribution < -0.4 is 14.4 Å². The predicted molar refractivity (Wildman–Crippen MR) is 145 cm³/mol. The molecule has 2 aromatic rings. The Morgan fingerprint density at radius 2 is 1.89 bits per heavy atom. The number of piperidine rings is 1. The number of ether oxygens (including phenoxy) is 2. The number of nitrogens with zero attached hydrogens (tertiary/aromatic N) is 3. The van der Waals surface area contributed by atoms with Crippen LogP contribution in [0.1, 0.15) is 60.4 Å². The molecule has 1 aliphatic carbocycles. The van der Waals surface area contributed by atoms with Crippen LogP contribution in [0.5, 0.6) is 11.5 Å². The normalized spacial score (nSPS) is 16.4. The molecule has 1 aliphatic heterocycles. The number of carboxylic acid groups (broad SMARTS) is 1. The van der Waals surface area contributed by atoms with E-state index < -0.39 is 5.97 Å². The minimum atomic E-state index is -0.755. The molecule has 0 spiro atoms. The summed E-state index contributed by atoms with van der Waals surface area (Å²) in [4.78, 5) is 28.3. The second-order valence-electron chi connectivity index (χ2n) is 10.4. The monoisotopic (exact) mass is 519 g/mol. The van der Waals surface area contributed by atoms with Gasteiger partial charge in [-0.3, -0.25) is 9.59 Å². The van der Waals surface area contributed by atoms with Gasteiger partial charge in [-0.15, -0.1) is 0 Å². The molecule has 0 bridgehead atoms. The summed E-state index contributed by atoms with van der Waals surface area (Å²) in [6.07, 6.45) is 4.51. The Kier molecular flexibility index (Phi) is 9.11. The number of hydrogen-bond donors (Lipinski definition) is 1. The van der Waals surface area contributed by atoms with Crippen LogP contribution in [-0.2, 0) is 4.79 Å². The van der Waals surface area contributed by atoms with Gasteiger partial charge < -0.3 is 24.4 Å². The molecule has 4 rings (SSSR count). The largest absolute Gasteiger partial charge is 0.497 e. The van der Waals surface area contributed by atoms with Gasteiger partial charge in [0.2, 0.25) is 0 Å². The van der Waals surface area contributed by atoms with Gasteiger partial charge in [0.15, 0.2) is 0 Å². The summed E-state index contributed by atoms with van der Waals surface area (Å²) >= 11 is 0. The number of carbonyl (C=O) groups excluding carboxylic acids is 1. The molecule has 202 valence electrons. The lowest BCUT2D eigenvalue weighted by Gasteiger charge is -2.35. The summed E-state index contributed by atoms with van der Waals surface area (Å²) in [5.41, 5.74) is 2.52. The summed E-state index contributed by atoms with van der Waals surface area (Å²) in [5.74, 6) is 1.54. The molecule has 1 unspecified atom stereocenters. The number of rotatable bonds is 12. The van der Waals surface area contributed by atoms with Crippen LogP contribution in [0.15, 0.2) is 42.5 Å². The Bertz CT molecular complexity index is 1160. The van der Waals surface area contributed by atoms with Crippen LogP contribution in [-0.4, -0.2) is 62.3 Å². The van der Waals surface area contributed by atoms with Gasteiger partial charge in [-0.25, -0.2) is 0 Å². The van der Waals surface area contributed by atoms with E-state index in [0.717, 1.165) is 55.8 Å². The number of nitriles is 1. The first kappa shape index (κ1) is 27.3. The molecule has 1 saturated heterocycles. The summed E-state index contributed by atoms with van der Waals surface area (Å²) < 4.78 is 11.6. The Morgan fingerprint density at radius 1 is 1.13 bits per heavy atom. The average molecular weight is 520 g/mol. The van der Waals surface area contributed by atoms with Crippen LogP contribution in [0.25, 0.3) is 0 Å². The van der Waals surface area contributed by atoms with E-state index in [9.17, 15) is 14.7 Å². The van der Waals surface area contributed by atoms with Crippen LogP contribution in [0.3, 0.4) is 0 Å². The summed E-state index contributed by atoms with van der Waals surface area (Å²) in [6.45, 7) is 2.59. The Hall–Kier alpha value is -3.73. The molecule has 0 radical (unpaired) electrons. The van der Waals surface area contributed by atoms with Crippen molar-refractivity contribution in [3.8, 4) is 17.6 Å². The predicted octanol–water partition coefficient (Wildman–Crippen LogP) is 4.94. The van der Waals surface area contributed by atoms with Gasteiger partial charge in [0.25, 0.3) is 5.91 Å². The zero-order chi connectivity index (χ0) is 27.1. The molecule has 2 aromatic carbocycles. The van der Waals surface area contributed by atoms with E-state index in [1.54, 1.807) is 31.2 Å². The number of amides is 1. The number of carboxylic acids is 1. The van der Waals surface area contributed by atoms with Crippen molar-refractivity contribution < 1.29 is 24.2 Å².